The van der Waals surface area contributed by atoms with Crippen molar-refractivity contribution in [1.82, 2.24) is 9.80 Å². The van der Waals surface area contributed by atoms with E-state index in [1.165, 1.54) is 26.0 Å². The second-order valence-corrected chi connectivity index (χ2v) is 12.3. The molecule has 6 nitrogen and oxygen atoms in total. The SMILES string of the molecule is COC(=O)C1=C(C(=O)OC)C2(C3=C(CC(C)(C)C=C3SC)S1)N(Cc1ccccc1)CCN2C(C)C. The first kappa shape index (κ1) is 27.0. The summed E-state index contributed by atoms with van der Waals surface area (Å²) in [5, 5.41) is 0. The topological polar surface area (TPSA) is 59.1 Å². The summed E-state index contributed by atoms with van der Waals surface area (Å²) in [6.07, 6.45) is 5.19. The molecular formula is C28H36N2O4S2. The molecule has 194 valence electrons. The predicted molar refractivity (Wildman–Crippen MR) is 147 cm³/mol. The lowest BCUT2D eigenvalue weighted by molar-refractivity contribution is -0.141. The molecule has 1 atom stereocenters. The third-order valence-electron chi connectivity index (χ3n) is 7.12. The Labute approximate surface area is 223 Å². The van der Waals surface area contributed by atoms with Crippen molar-refractivity contribution < 1.29 is 19.1 Å². The van der Waals surface area contributed by atoms with E-state index < -0.39 is 17.6 Å². The van der Waals surface area contributed by atoms with E-state index in [0.29, 0.717) is 17.0 Å². The van der Waals surface area contributed by atoms with Gasteiger partial charge in [0.05, 0.1) is 19.8 Å². The molecule has 0 bridgehead atoms. The number of fused-ring (bicyclic) bond motifs is 1. The lowest BCUT2D eigenvalue weighted by Gasteiger charge is -2.52. The number of allylic oxidation sites excluding steroid dienone is 2. The summed E-state index contributed by atoms with van der Waals surface area (Å²) in [6, 6.07) is 10.4. The van der Waals surface area contributed by atoms with Crippen LogP contribution >= 0.6 is 23.5 Å². The molecule has 0 aromatic heterocycles. The van der Waals surface area contributed by atoms with Crippen LogP contribution in [0.3, 0.4) is 0 Å². The molecule has 3 aliphatic rings. The first-order valence-corrected chi connectivity index (χ1v) is 14.3. The highest BCUT2D eigenvalue weighted by Gasteiger charge is 2.61. The van der Waals surface area contributed by atoms with E-state index in [9.17, 15) is 9.59 Å². The highest BCUT2D eigenvalue weighted by Crippen LogP contribution is 2.60. The third-order valence-corrected chi connectivity index (χ3v) is 9.05. The first-order chi connectivity index (χ1) is 17.1. The number of esters is 2. The van der Waals surface area contributed by atoms with Crippen LogP contribution in [-0.2, 0) is 25.6 Å². The van der Waals surface area contributed by atoms with Crippen molar-refractivity contribution in [2.75, 3.05) is 33.6 Å². The zero-order valence-corrected chi connectivity index (χ0v) is 23.8. The minimum atomic E-state index is -0.952. The Balaban J connectivity index is 2.08. The Kier molecular flexibility index (Phi) is 7.81. The fourth-order valence-corrected chi connectivity index (χ4v) is 8.24. The van der Waals surface area contributed by atoms with Crippen molar-refractivity contribution in [2.24, 2.45) is 5.41 Å². The Morgan fingerprint density at radius 1 is 1.08 bits per heavy atom. The molecule has 0 radical (unpaired) electrons. The largest absolute Gasteiger partial charge is 0.466 e. The average molecular weight is 529 g/mol. The van der Waals surface area contributed by atoms with Crippen molar-refractivity contribution >= 4 is 35.5 Å². The predicted octanol–water partition coefficient (Wildman–Crippen LogP) is 5.19. The molecule has 2 heterocycles. The molecule has 0 saturated carbocycles. The Morgan fingerprint density at radius 2 is 1.75 bits per heavy atom. The van der Waals surface area contributed by atoms with E-state index in [0.717, 1.165) is 40.5 Å². The summed E-state index contributed by atoms with van der Waals surface area (Å²) < 4.78 is 10.6. The van der Waals surface area contributed by atoms with Gasteiger partial charge in [-0.3, -0.25) is 9.80 Å². The van der Waals surface area contributed by atoms with Gasteiger partial charge in [0.25, 0.3) is 0 Å². The molecule has 1 spiro atoms. The fraction of sp³-hybridized carbons (Fsp3) is 0.500. The molecule has 1 unspecified atom stereocenters. The van der Waals surface area contributed by atoms with Crippen molar-refractivity contribution in [3.05, 3.63) is 67.8 Å². The fourth-order valence-electron chi connectivity index (χ4n) is 5.73. The maximum atomic E-state index is 13.7. The van der Waals surface area contributed by atoms with Crippen LogP contribution < -0.4 is 0 Å². The van der Waals surface area contributed by atoms with Gasteiger partial charge in [-0.1, -0.05) is 62.0 Å². The Hall–Kier alpha value is -2.00. The molecule has 36 heavy (non-hydrogen) atoms. The van der Waals surface area contributed by atoms with Gasteiger partial charge in [0.1, 0.15) is 10.6 Å². The molecule has 0 amide bonds. The van der Waals surface area contributed by atoms with Gasteiger partial charge in [-0.05, 0) is 42.4 Å². The van der Waals surface area contributed by atoms with Crippen LogP contribution in [0, 0.1) is 5.41 Å². The van der Waals surface area contributed by atoms with Crippen LogP contribution in [0.1, 0.15) is 39.7 Å². The quantitative estimate of drug-likeness (QED) is 0.468. The van der Waals surface area contributed by atoms with Gasteiger partial charge >= 0.3 is 11.9 Å². The van der Waals surface area contributed by atoms with Gasteiger partial charge in [-0.15, -0.1) is 11.8 Å². The van der Waals surface area contributed by atoms with Crippen LogP contribution in [0.5, 0.6) is 0 Å². The normalized spacial score (nSPS) is 24.3. The van der Waals surface area contributed by atoms with Gasteiger partial charge in [-0.25, -0.2) is 9.59 Å². The van der Waals surface area contributed by atoms with Crippen molar-refractivity contribution in [1.29, 1.82) is 0 Å². The van der Waals surface area contributed by atoms with E-state index in [4.69, 9.17) is 9.47 Å². The highest BCUT2D eigenvalue weighted by molar-refractivity contribution is 8.08. The molecule has 4 rings (SSSR count). The van der Waals surface area contributed by atoms with Gasteiger partial charge in [0.15, 0.2) is 0 Å². The van der Waals surface area contributed by atoms with E-state index in [2.05, 4.69) is 62.0 Å². The number of ether oxygens (including phenoxy) is 2. The summed E-state index contributed by atoms with van der Waals surface area (Å²) in [7, 11) is 2.76. The van der Waals surface area contributed by atoms with E-state index in [-0.39, 0.29) is 11.5 Å². The second kappa shape index (κ2) is 10.4. The number of carbonyl (C=O) groups excluding carboxylic acids is 2. The van der Waals surface area contributed by atoms with Crippen LogP contribution in [-0.4, -0.2) is 67.0 Å². The summed E-state index contributed by atoms with van der Waals surface area (Å²) in [4.78, 5) is 34.3. The van der Waals surface area contributed by atoms with Crippen molar-refractivity contribution in [2.45, 2.75) is 52.4 Å². The monoisotopic (exact) mass is 528 g/mol. The average Bonchev–Trinajstić information content (AvgIpc) is 3.20. The van der Waals surface area contributed by atoms with Gasteiger partial charge in [-0.2, -0.15) is 0 Å². The lowest BCUT2D eigenvalue weighted by Crippen LogP contribution is -2.61. The van der Waals surface area contributed by atoms with Crippen molar-refractivity contribution in [3.8, 4) is 0 Å². The molecule has 1 aromatic rings. The molecule has 1 fully saturated rings. The minimum absolute atomic E-state index is 0.0825. The summed E-state index contributed by atoms with van der Waals surface area (Å²) in [5.74, 6) is -0.995. The number of carbonyl (C=O) groups is 2. The number of nitrogens with zero attached hydrogens (tertiary/aromatic N) is 2. The summed E-state index contributed by atoms with van der Waals surface area (Å²) in [5.41, 5.74) is 1.59. The molecule has 8 heteroatoms. The van der Waals surface area contributed by atoms with E-state index in [1.54, 1.807) is 11.8 Å². The second-order valence-electron chi connectivity index (χ2n) is 10.3. The van der Waals surface area contributed by atoms with Crippen LogP contribution in [0.2, 0.25) is 0 Å². The zero-order chi connectivity index (χ0) is 26.3. The van der Waals surface area contributed by atoms with Gasteiger partial charge < -0.3 is 9.47 Å². The number of methoxy groups -OCH3 is 2. The molecule has 1 aliphatic carbocycles. The molecule has 1 saturated heterocycles. The maximum absolute atomic E-state index is 13.7. The maximum Gasteiger partial charge on any atom is 0.345 e. The molecule has 1 aromatic carbocycles. The lowest BCUT2D eigenvalue weighted by atomic mass is 9.77. The zero-order valence-electron chi connectivity index (χ0n) is 22.2. The Bertz CT molecular complexity index is 1140. The first-order valence-electron chi connectivity index (χ1n) is 12.3. The van der Waals surface area contributed by atoms with Crippen LogP contribution in [0.15, 0.2) is 62.3 Å². The van der Waals surface area contributed by atoms with Crippen LogP contribution in [0.25, 0.3) is 0 Å². The van der Waals surface area contributed by atoms with Gasteiger partial charge in [0.2, 0.25) is 0 Å². The van der Waals surface area contributed by atoms with Crippen LogP contribution in [0.4, 0.5) is 0 Å². The Morgan fingerprint density at radius 3 is 2.33 bits per heavy atom. The number of thioether (sulfide) groups is 2. The van der Waals surface area contributed by atoms with E-state index in [1.807, 2.05) is 18.2 Å². The highest BCUT2D eigenvalue weighted by atomic mass is 32.2. The number of rotatable bonds is 6. The minimum Gasteiger partial charge on any atom is -0.466 e. The number of hydrogen-bond donors (Lipinski definition) is 0. The molecular weight excluding hydrogens is 492 g/mol. The number of benzene rings is 1. The van der Waals surface area contributed by atoms with E-state index >= 15 is 0 Å². The standard InChI is InChI=1S/C28H36N2O4S2/c1-18(2)30-14-13-29(17-19-11-9-8-10-12-19)28(30)22-20(35-7)15-27(3,4)16-21(22)36-24(26(32)34-6)23(28)25(31)33-5/h8-12,15,18H,13-14,16-17H2,1-7H3. The molecule has 0 N–H and O–H groups in total. The molecule has 2 aliphatic heterocycles. The smallest absolute Gasteiger partial charge is 0.345 e. The number of hydrogen-bond acceptors (Lipinski definition) is 8. The van der Waals surface area contributed by atoms with Gasteiger partial charge in [0, 0.05) is 36.2 Å². The van der Waals surface area contributed by atoms with Crippen molar-refractivity contribution in [3.63, 3.8) is 0 Å². The summed E-state index contributed by atoms with van der Waals surface area (Å²) >= 11 is 3.08. The summed E-state index contributed by atoms with van der Waals surface area (Å²) in [6.45, 7) is 10.9. The third kappa shape index (κ3) is 4.46.